The van der Waals surface area contributed by atoms with Crippen LogP contribution in [0.25, 0.3) is 0 Å². The molecule has 0 saturated carbocycles. The standard InChI is InChI=1S/C17H25F3N4O2S/c1-16(2,3)27(26)23-14(13-8-21-11-22-9-13)5-4-12-6-7-24(10-12)15(25)17(18,19)20/h8-9,11-12,14,23H,4-7,10H2,1-3H3/t12-,14?,27?/m0/s1. The van der Waals surface area contributed by atoms with Gasteiger partial charge in [0.25, 0.3) is 0 Å². The van der Waals surface area contributed by atoms with Crippen molar-refractivity contribution in [1.29, 1.82) is 0 Å². The first-order valence-corrected chi connectivity index (χ1v) is 9.92. The van der Waals surface area contributed by atoms with E-state index in [1.807, 2.05) is 20.8 Å². The molecular formula is C17H25F3N4O2S. The van der Waals surface area contributed by atoms with Crippen molar-refractivity contribution in [3.63, 3.8) is 0 Å². The maximum absolute atomic E-state index is 12.6. The van der Waals surface area contributed by atoms with Crippen LogP contribution < -0.4 is 4.72 Å². The molecule has 0 bridgehead atoms. The van der Waals surface area contributed by atoms with Crippen molar-refractivity contribution in [3.8, 4) is 0 Å². The molecule has 1 N–H and O–H groups in total. The van der Waals surface area contributed by atoms with Crippen LogP contribution in [0.1, 0.15) is 51.6 Å². The molecular weight excluding hydrogens is 381 g/mol. The van der Waals surface area contributed by atoms with Gasteiger partial charge in [0.05, 0.1) is 15.7 Å². The van der Waals surface area contributed by atoms with E-state index in [1.165, 1.54) is 6.33 Å². The minimum atomic E-state index is -4.83. The molecule has 1 aliphatic rings. The Morgan fingerprint density at radius 2 is 1.96 bits per heavy atom. The maximum Gasteiger partial charge on any atom is 0.471 e. The molecule has 3 atom stereocenters. The van der Waals surface area contributed by atoms with Crippen molar-refractivity contribution in [3.05, 3.63) is 24.3 Å². The van der Waals surface area contributed by atoms with E-state index in [1.54, 1.807) is 12.4 Å². The first kappa shape index (κ1) is 21.7. The number of hydrogen-bond acceptors (Lipinski definition) is 4. The van der Waals surface area contributed by atoms with Crippen molar-refractivity contribution in [2.45, 2.75) is 57.0 Å². The molecule has 152 valence electrons. The molecule has 2 unspecified atom stereocenters. The van der Waals surface area contributed by atoms with Crippen LogP contribution in [-0.2, 0) is 15.8 Å². The first-order chi connectivity index (χ1) is 12.5. The Kier molecular flexibility index (Phi) is 6.96. The van der Waals surface area contributed by atoms with Crippen LogP contribution in [0.3, 0.4) is 0 Å². The van der Waals surface area contributed by atoms with Gasteiger partial charge in [0.15, 0.2) is 0 Å². The fourth-order valence-electron chi connectivity index (χ4n) is 2.92. The van der Waals surface area contributed by atoms with Crippen LogP contribution in [0.2, 0.25) is 0 Å². The van der Waals surface area contributed by atoms with Gasteiger partial charge in [-0.1, -0.05) is 0 Å². The van der Waals surface area contributed by atoms with Gasteiger partial charge in [0.2, 0.25) is 0 Å². The first-order valence-electron chi connectivity index (χ1n) is 8.77. The van der Waals surface area contributed by atoms with E-state index >= 15 is 0 Å². The second kappa shape index (κ2) is 8.64. The zero-order valence-corrected chi connectivity index (χ0v) is 16.4. The van der Waals surface area contributed by atoms with E-state index in [4.69, 9.17) is 0 Å². The summed E-state index contributed by atoms with van der Waals surface area (Å²) < 4.78 is 52.8. The van der Waals surface area contributed by atoms with Crippen LogP contribution in [-0.4, -0.2) is 49.0 Å². The van der Waals surface area contributed by atoms with Crippen LogP contribution in [0.5, 0.6) is 0 Å². The molecule has 0 spiro atoms. The van der Waals surface area contributed by atoms with Crippen molar-refractivity contribution < 1.29 is 22.2 Å². The third kappa shape index (κ3) is 6.24. The number of hydrogen-bond donors (Lipinski definition) is 1. The molecule has 27 heavy (non-hydrogen) atoms. The quantitative estimate of drug-likeness (QED) is 0.788. The average Bonchev–Trinajstić information content (AvgIpc) is 3.05. The van der Waals surface area contributed by atoms with Crippen molar-refractivity contribution >= 4 is 16.9 Å². The maximum atomic E-state index is 12.6. The van der Waals surface area contributed by atoms with Gasteiger partial charge in [-0.25, -0.2) is 18.9 Å². The zero-order chi connectivity index (χ0) is 20.2. The van der Waals surface area contributed by atoms with Crippen LogP contribution in [0.4, 0.5) is 13.2 Å². The molecule has 0 radical (unpaired) electrons. The third-order valence-electron chi connectivity index (χ3n) is 4.47. The number of rotatable bonds is 6. The number of aromatic nitrogens is 2. The van der Waals surface area contributed by atoms with E-state index in [9.17, 15) is 22.2 Å². The average molecular weight is 406 g/mol. The SMILES string of the molecule is CC(C)(C)S(=O)NC(CC[C@H]1CCN(C(=O)C(F)(F)F)C1)c1cncnc1. The summed E-state index contributed by atoms with van der Waals surface area (Å²) in [7, 11) is -1.32. The summed E-state index contributed by atoms with van der Waals surface area (Å²) in [5, 5.41) is 0. The molecule has 6 nitrogen and oxygen atoms in total. The summed E-state index contributed by atoms with van der Waals surface area (Å²) in [6, 6.07) is -0.279. The predicted octanol–water partition coefficient (Wildman–Crippen LogP) is 2.76. The lowest BCUT2D eigenvalue weighted by molar-refractivity contribution is -0.184. The number of amides is 1. The topological polar surface area (TPSA) is 75.2 Å². The fraction of sp³-hybridized carbons (Fsp3) is 0.706. The van der Waals surface area contributed by atoms with Crippen molar-refractivity contribution in [2.75, 3.05) is 13.1 Å². The summed E-state index contributed by atoms with van der Waals surface area (Å²) in [6.07, 6.45) is 1.55. The summed E-state index contributed by atoms with van der Waals surface area (Å²) in [5.74, 6) is -1.79. The number of nitrogens with zero attached hydrogens (tertiary/aromatic N) is 3. The number of carbonyl (C=O) groups excluding carboxylic acids is 1. The van der Waals surface area contributed by atoms with Gasteiger partial charge in [-0.3, -0.25) is 4.79 Å². The van der Waals surface area contributed by atoms with Gasteiger partial charge >= 0.3 is 12.1 Å². The van der Waals surface area contributed by atoms with E-state index in [2.05, 4.69) is 14.7 Å². The zero-order valence-electron chi connectivity index (χ0n) is 15.6. The molecule has 0 aliphatic carbocycles. The highest BCUT2D eigenvalue weighted by Gasteiger charge is 2.44. The molecule has 1 aromatic rings. The Labute approximate surface area is 159 Å². The van der Waals surface area contributed by atoms with Gasteiger partial charge in [0, 0.05) is 37.1 Å². The number of alkyl halides is 3. The fourth-order valence-corrected chi connectivity index (χ4v) is 3.79. The Morgan fingerprint density at radius 1 is 1.33 bits per heavy atom. The van der Waals surface area contributed by atoms with Gasteiger partial charge in [-0.05, 0) is 46.0 Å². The van der Waals surface area contributed by atoms with E-state index in [0.717, 1.165) is 10.5 Å². The van der Waals surface area contributed by atoms with Crippen LogP contribution in [0.15, 0.2) is 18.7 Å². The minimum absolute atomic E-state index is 0.0201. The number of likely N-dealkylation sites (tertiary alicyclic amines) is 1. The smallest absolute Gasteiger partial charge is 0.335 e. The second-order valence-electron chi connectivity index (χ2n) is 7.70. The van der Waals surface area contributed by atoms with E-state index < -0.39 is 27.8 Å². The lowest BCUT2D eigenvalue weighted by Gasteiger charge is -2.25. The monoisotopic (exact) mass is 406 g/mol. The number of carbonyl (C=O) groups is 1. The highest BCUT2D eigenvalue weighted by Crippen LogP contribution is 2.29. The molecule has 0 aromatic carbocycles. The molecule has 2 heterocycles. The van der Waals surface area contributed by atoms with Crippen LogP contribution >= 0.6 is 0 Å². The van der Waals surface area contributed by atoms with Crippen LogP contribution in [0, 0.1) is 5.92 Å². The Bertz CT molecular complexity index is 664. The minimum Gasteiger partial charge on any atom is -0.335 e. The number of halogens is 3. The molecule has 1 amide bonds. The molecule has 1 aliphatic heterocycles. The summed E-state index contributed by atoms with van der Waals surface area (Å²) in [6.45, 7) is 5.77. The predicted molar refractivity (Wildman–Crippen MR) is 95.8 cm³/mol. The van der Waals surface area contributed by atoms with Gasteiger partial charge in [0.1, 0.15) is 6.33 Å². The molecule has 1 saturated heterocycles. The molecule has 1 aromatic heterocycles. The van der Waals surface area contributed by atoms with Gasteiger partial charge < -0.3 is 4.90 Å². The Hall–Kier alpha value is -1.55. The summed E-state index contributed by atoms with van der Waals surface area (Å²) in [4.78, 5) is 20.2. The summed E-state index contributed by atoms with van der Waals surface area (Å²) in [5.41, 5.74) is 0.774. The molecule has 1 fully saturated rings. The van der Waals surface area contributed by atoms with Gasteiger partial charge in [-0.2, -0.15) is 13.2 Å². The van der Waals surface area contributed by atoms with Gasteiger partial charge in [-0.15, -0.1) is 0 Å². The molecule has 10 heteroatoms. The Balaban J connectivity index is 1.98. The summed E-state index contributed by atoms with van der Waals surface area (Å²) >= 11 is 0. The normalized spacial score (nSPS) is 20.5. The lowest BCUT2D eigenvalue weighted by atomic mass is 9.97. The Morgan fingerprint density at radius 3 is 2.52 bits per heavy atom. The van der Waals surface area contributed by atoms with E-state index in [-0.39, 0.29) is 25.0 Å². The second-order valence-corrected chi connectivity index (χ2v) is 9.70. The number of nitrogens with one attached hydrogen (secondary N) is 1. The highest BCUT2D eigenvalue weighted by atomic mass is 32.2. The lowest BCUT2D eigenvalue weighted by Crippen LogP contribution is -2.39. The van der Waals surface area contributed by atoms with Crippen molar-refractivity contribution in [2.24, 2.45) is 5.92 Å². The highest BCUT2D eigenvalue weighted by molar-refractivity contribution is 7.84. The largest absolute Gasteiger partial charge is 0.471 e. The third-order valence-corrected chi connectivity index (χ3v) is 6.08. The van der Waals surface area contributed by atoms with E-state index in [0.29, 0.717) is 19.3 Å². The van der Waals surface area contributed by atoms with Crippen molar-refractivity contribution in [1.82, 2.24) is 19.6 Å². The molecule has 2 rings (SSSR count).